The van der Waals surface area contributed by atoms with Crippen LogP contribution in [-0.2, 0) is 6.42 Å². The maximum Gasteiger partial charge on any atom is 0.119 e. The molecule has 0 fully saturated rings. The van der Waals surface area contributed by atoms with Gasteiger partial charge in [-0.2, -0.15) is 0 Å². The van der Waals surface area contributed by atoms with Gasteiger partial charge in [0.25, 0.3) is 0 Å². The van der Waals surface area contributed by atoms with Crippen molar-refractivity contribution in [2.45, 2.75) is 51.6 Å². The minimum absolute atomic E-state index is 0.168. The molecule has 0 heterocycles. The maximum atomic E-state index is 9.29. The molecule has 0 radical (unpaired) electrons. The van der Waals surface area contributed by atoms with Gasteiger partial charge in [0.15, 0.2) is 0 Å². The zero-order valence-corrected chi connectivity index (χ0v) is 11.8. The van der Waals surface area contributed by atoms with Crippen molar-refractivity contribution in [1.82, 2.24) is 0 Å². The fourth-order valence-corrected chi connectivity index (χ4v) is 1.90. The second-order valence-electron chi connectivity index (χ2n) is 4.93. The van der Waals surface area contributed by atoms with Crippen LogP contribution >= 0.6 is 0 Å². The van der Waals surface area contributed by atoms with Crippen molar-refractivity contribution in [3.63, 3.8) is 0 Å². The fraction of sp³-hybridized carbons (Fsp3) is 0.625. The Morgan fingerprint density at radius 3 is 2.47 bits per heavy atom. The number of aliphatic hydroxyl groups excluding tert-OH is 2. The van der Waals surface area contributed by atoms with E-state index in [1.807, 2.05) is 24.3 Å². The standard InChI is InChI=1S/C16H26O3/c1-2-3-4-5-12-19-16-10-7-14(8-11-16)6-9-15(18)13-17/h7-8,10-11,15,17-18H,2-6,9,12-13H2,1H3. The van der Waals surface area contributed by atoms with Crippen molar-refractivity contribution < 1.29 is 14.9 Å². The molecule has 0 aliphatic rings. The Labute approximate surface area is 116 Å². The molecule has 1 unspecified atom stereocenters. The normalized spacial score (nSPS) is 12.4. The molecule has 0 bridgehead atoms. The molecule has 1 aromatic carbocycles. The summed E-state index contributed by atoms with van der Waals surface area (Å²) in [5.41, 5.74) is 1.16. The number of aliphatic hydroxyl groups is 2. The summed E-state index contributed by atoms with van der Waals surface area (Å²) in [5.74, 6) is 0.906. The van der Waals surface area contributed by atoms with Crippen molar-refractivity contribution in [2.24, 2.45) is 0 Å². The van der Waals surface area contributed by atoms with Crippen LogP contribution in [0.2, 0.25) is 0 Å². The Balaban J connectivity index is 2.23. The minimum atomic E-state index is -0.616. The topological polar surface area (TPSA) is 49.7 Å². The number of benzene rings is 1. The molecular weight excluding hydrogens is 240 g/mol. The molecule has 0 aliphatic heterocycles. The third-order valence-electron chi connectivity index (χ3n) is 3.17. The Morgan fingerprint density at radius 2 is 1.84 bits per heavy atom. The van der Waals surface area contributed by atoms with Crippen LogP contribution in [-0.4, -0.2) is 29.5 Å². The highest BCUT2D eigenvalue weighted by atomic mass is 16.5. The van der Waals surface area contributed by atoms with Crippen molar-refractivity contribution >= 4 is 0 Å². The first-order chi connectivity index (χ1) is 9.26. The monoisotopic (exact) mass is 266 g/mol. The summed E-state index contributed by atoms with van der Waals surface area (Å²) in [6, 6.07) is 7.98. The fourth-order valence-electron chi connectivity index (χ4n) is 1.90. The van der Waals surface area contributed by atoms with Crippen LogP contribution in [0.25, 0.3) is 0 Å². The second-order valence-corrected chi connectivity index (χ2v) is 4.93. The Kier molecular flexibility index (Phi) is 8.26. The van der Waals surface area contributed by atoms with Gasteiger partial charge in [0.2, 0.25) is 0 Å². The maximum absolute atomic E-state index is 9.29. The molecule has 19 heavy (non-hydrogen) atoms. The number of hydrogen-bond donors (Lipinski definition) is 2. The Morgan fingerprint density at radius 1 is 1.11 bits per heavy atom. The van der Waals surface area contributed by atoms with Crippen LogP contribution in [0.3, 0.4) is 0 Å². The number of rotatable bonds is 10. The van der Waals surface area contributed by atoms with E-state index in [1.165, 1.54) is 19.3 Å². The Bertz CT molecular complexity index is 321. The molecule has 1 aromatic rings. The molecule has 0 spiro atoms. The molecule has 3 nitrogen and oxygen atoms in total. The first kappa shape index (κ1) is 16.0. The summed E-state index contributed by atoms with van der Waals surface area (Å²) in [7, 11) is 0. The molecule has 0 saturated carbocycles. The van der Waals surface area contributed by atoms with E-state index in [-0.39, 0.29) is 6.61 Å². The zero-order chi connectivity index (χ0) is 13.9. The van der Waals surface area contributed by atoms with Crippen LogP contribution < -0.4 is 4.74 Å². The quantitative estimate of drug-likeness (QED) is 0.640. The second kappa shape index (κ2) is 9.82. The van der Waals surface area contributed by atoms with E-state index in [4.69, 9.17) is 9.84 Å². The van der Waals surface area contributed by atoms with Gasteiger partial charge in [0.05, 0.1) is 19.3 Å². The van der Waals surface area contributed by atoms with Gasteiger partial charge in [-0.1, -0.05) is 38.3 Å². The summed E-state index contributed by atoms with van der Waals surface area (Å²) in [6.45, 7) is 2.81. The van der Waals surface area contributed by atoms with Crippen LogP contribution in [0.1, 0.15) is 44.6 Å². The third-order valence-corrected chi connectivity index (χ3v) is 3.17. The van der Waals surface area contributed by atoms with Crippen molar-refractivity contribution in [3.8, 4) is 5.75 Å². The van der Waals surface area contributed by atoms with Crippen molar-refractivity contribution in [1.29, 1.82) is 0 Å². The summed E-state index contributed by atoms with van der Waals surface area (Å²) in [6.07, 6.45) is 5.61. The average Bonchev–Trinajstić information content (AvgIpc) is 2.45. The molecule has 3 heteroatoms. The van der Waals surface area contributed by atoms with Gasteiger partial charge in [0.1, 0.15) is 5.75 Å². The number of unbranched alkanes of at least 4 members (excludes halogenated alkanes) is 3. The molecule has 0 saturated heterocycles. The summed E-state index contributed by atoms with van der Waals surface area (Å²) in [5, 5.41) is 18.0. The van der Waals surface area contributed by atoms with Gasteiger partial charge in [-0.15, -0.1) is 0 Å². The molecule has 1 atom stereocenters. The SMILES string of the molecule is CCCCCCOc1ccc(CCC(O)CO)cc1. The average molecular weight is 266 g/mol. The number of aryl methyl sites for hydroxylation is 1. The van der Waals surface area contributed by atoms with E-state index in [0.717, 1.165) is 30.8 Å². The number of hydrogen-bond acceptors (Lipinski definition) is 3. The van der Waals surface area contributed by atoms with Crippen molar-refractivity contribution in [3.05, 3.63) is 29.8 Å². The predicted octanol–water partition coefficient (Wildman–Crippen LogP) is 2.93. The van der Waals surface area contributed by atoms with Crippen LogP contribution in [0, 0.1) is 0 Å². The van der Waals surface area contributed by atoms with Gasteiger partial charge in [-0.25, -0.2) is 0 Å². The van der Waals surface area contributed by atoms with Gasteiger partial charge in [0, 0.05) is 0 Å². The zero-order valence-electron chi connectivity index (χ0n) is 11.8. The van der Waals surface area contributed by atoms with E-state index in [0.29, 0.717) is 6.42 Å². The highest BCUT2D eigenvalue weighted by molar-refractivity contribution is 5.27. The molecule has 2 N–H and O–H groups in total. The first-order valence-corrected chi connectivity index (χ1v) is 7.27. The van der Waals surface area contributed by atoms with E-state index < -0.39 is 6.10 Å². The number of ether oxygens (including phenoxy) is 1. The van der Waals surface area contributed by atoms with E-state index in [1.54, 1.807) is 0 Å². The molecule has 0 aromatic heterocycles. The largest absolute Gasteiger partial charge is 0.494 e. The lowest BCUT2D eigenvalue weighted by molar-refractivity contribution is 0.0886. The van der Waals surface area contributed by atoms with Crippen LogP contribution in [0.4, 0.5) is 0 Å². The highest BCUT2D eigenvalue weighted by Gasteiger charge is 2.02. The van der Waals surface area contributed by atoms with Gasteiger partial charge < -0.3 is 14.9 Å². The lowest BCUT2D eigenvalue weighted by Crippen LogP contribution is -2.12. The van der Waals surface area contributed by atoms with Crippen LogP contribution in [0.15, 0.2) is 24.3 Å². The lowest BCUT2D eigenvalue weighted by atomic mass is 10.1. The molecular formula is C16H26O3. The molecule has 1 rings (SSSR count). The van der Waals surface area contributed by atoms with E-state index >= 15 is 0 Å². The summed E-state index contributed by atoms with van der Waals surface area (Å²) in [4.78, 5) is 0. The van der Waals surface area contributed by atoms with Gasteiger partial charge in [-0.05, 0) is 37.0 Å². The van der Waals surface area contributed by atoms with E-state index in [9.17, 15) is 5.11 Å². The summed E-state index contributed by atoms with van der Waals surface area (Å²) < 4.78 is 5.66. The molecule has 0 aliphatic carbocycles. The van der Waals surface area contributed by atoms with Gasteiger partial charge in [-0.3, -0.25) is 0 Å². The predicted molar refractivity (Wildman–Crippen MR) is 77.5 cm³/mol. The lowest BCUT2D eigenvalue weighted by Gasteiger charge is -2.09. The highest BCUT2D eigenvalue weighted by Crippen LogP contribution is 2.14. The smallest absolute Gasteiger partial charge is 0.119 e. The molecule has 0 amide bonds. The van der Waals surface area contributed by atoms with Crippen LogP contribution in [0.5, 0.6) is 5.75 Å². The third kappa shape index (κ3) is 7.19. The van der Waals surface area contributed by atoms with Gasteiger partial charge >= 0.3 is 0 Å². The summed E-state index contributed by atoms with van der Waals surface area (Å²) >= 11 is 0. The van der Waals surface area contributed by atoms with Crippen molar-refractivity contribution in [2.75, 3.05) is 13.2 Å². The first-order valence-electron chi connectivity index (χ1n) is 7.27. The Hall–Kier alpha value is -1.06. The van der Waals surface area contributed by atoms with E-state index in [2.05, 4.69) is 6.92 Å². The molecule has 108 valence electrons. The minimum Gasteiger partial charge on any atom is -0.494 e.